The standard InChI is InChI=1S/C35H36FN6O3S.BrH/c1-5-38-17-32(43)45-33-23(2)13-27(14-24(33)3)18-41-21-39-42(22-41)20-35(44,29-7-6-8-30(36)15-29)25(4)34-40-31(19-46-34)28-11-9-26(16-37)10-12-28;/h6-15,19,21-22,25,38,44H,5,17-18,20H2,1-4H3;1H/q+1;/p-1/t25-,35+;/m0./s1. The molecule has 0 aliphatic carbocycles. The molecule has 0 amide bonds. The fourth-order valence-corrected chi connectivity index (χ4v) is 6.40. The molecular weight excluding hydrogens is 683 g/mol. The Balaban J connectivity index is 0.00000500. The molecule has 47 heavy (non-hydrogen) atoms. The van der Waals surface area contributed by atoms with Crippen molar-refractivity contribution in [2.45, 2.75) is 52.3 Å². The van der Waals surface area contributed by atoms with Gasteiger partial charge in [0.1, 0.15) is 23.7 Å². The van der Waals surface area contributed by atoms with Crippen LogP contribution >= 0.6 is 11.3 Å². The van der Waals surface area contributed by atoms with Crippen LogP contribution in [0.2, 0.25) is 0 Å². The second kappa shape index (κ2) is 15.5. The maximum Gasteiger partial charge on any atom is 0.325 e. The number of benzene rings is 3. The fourth-order valence-electron chi connectivity index (χ4n) is 5.43. The lowest BCUT2D eigenvalue weighted by Crippen LogP contribution is -3.00. The topological polar surface area (TPSA) is 117 Å². The van der Waals surface area contributed by atoms with E-state index in [2.05, 4.69) is 16.5 Å². The lowest BCUT2D eigenvalue weighted by Gasteiger charge is -2.31. The second-order valence-corrected chi connectivity index (χ2v) is 12.2. The van der Waals surface area contributed by atoms with Crippen molar-refractivity contribution in [2.24, 2.45) is 0 Å². The van der Waals surface area contributed by atoms with Crippen LogP contribution in [0, 0.1) is 31.0 Å². The highest BCUT2D eigenvalue weighted by molar-refractivity contribution is 7.10. The third kappa shape index (κ3) is 8.36. The summed E-state index contributed by atoms with van der Waals surface area (Å²) in [7, 11) is 0. The van der Waals surface area contributed by atoms with Crippen molar-refractivity contribution in [2.75, 3.05) is 13.1 Å². The monoisotopic (exact) mass is 718 g/mol. The maximum atomic E-state index is 14.4. The van der Waals surface area contributed by atoms with Crippen molar-refractivity contribution >= 4 is 17.3 Å². The maximum absolute atomic E-state index is 14.4. The van der Waals surface area contributed by atoms with E-state index in [4.69, 9.17) is 15.0 Å². The first-order valence-corrected chi connectivity index (χ1v) is 15.8. The normalized spacial score (nSPS) is 12.9. The molecule has 2 aromatic heterocycles. The Hall–Kier alpha value is -4.28. The highest BCUT2D eigenvalue weighted by atomic mass is 79.9. The summed E-state index contributed by atoms with van der Waals surface area (Å²) in [4.78, 5) is 17.0. The molecule has 2 atom stereocenters. The molecule has 2 N–H and O–H groups in total. The quantitative estimate of drug-likeness (QED) is 0.115. The summed E-state index contributed by atoms with van der Waals surface area (Å²) < 4.78 is 23.6. The first-order valence-electron chi connectivity index (χ1n) is 15.0. The molecule has 0 saturated carbocycles. The number of nitriles is 1. The van der Waals surface area contributed by atoms with E-state index in [9.17, 15) is 14.3 Å². The molecule has 0 fully saturated rings. The summed E-state index contributed by atoms with van der Waals surface area (Å²) in [5, 5.41) is 31.5. The SMILES string of the molecule is CCNCC(=O)Oc1c(C)cc(C[n+]2cnn(C[C@](O)(c3cccc(F)c3)[C@@H](C)c3nc(-c4ccc(C#N)cc4)cs3)c2)cc1C.[Br-]. The van der Waals surface area contributed by atoms with Gasteiger partial charge >= 0.3 is 5.97 Å². The first-order chi connectivity index (χ1) is 22.1. The molecule has 0 saturated heterocycles. The lowest BCUT2D eigenvalue weighted by atomic mass is 9.82. The highest BCUT2D eigenvalue weighted by Gasteiger charge is 2.41. The molecule has 5 aromatic rings. The number of nitrogens with one attached hydrogen (secondary N) is 1. The van der Waals surface area contributed by atoms with Gasteiger partial charge in [0.25, 0.3) is 6.33 Å². The first kappa shape index (κ1) is 35.6. The number of nitrogens with zero attached hydrogens (tertiary/aromatic N) is 5. The van der Waals surface area contributed by atoms with Crippen LogP contribution < -0.4 is 31.6 Å². The average Bonchev–Trinajstić information content (AvgIpc) is 3.71. The third-order valence-corrected chi connectivity index (χ3v) is 8.92. The van der Waals surface area contributed by atoms with E-state index in [0.29, 0.717) is 35.0 Å². The lowest BCUT2D eigenvalue weighted by molar-refractivity contribution is -0.689. The largest absolute Gasteiger partial charge is 1.00 e. The van der Waals surface area contributed by atoms with Gasteiger partial charge < -0.3 is 32.1 Å². The molecule has 2 heterocycles. The summed E-state index contributed by atoms with van der Waals surface area (Å²) in [6, 6.07) is 19.2. The number of hydrogen-bond acceptors (Lipinski definition) is 8. The minimum absolute atomic E-state index is 0. The summed E-state index contributed by atoms with van der Waals surface area (Å²) in [6.45, 7) is 9.00. The summed E-state index contributed by atoms with van der Waals surface area (Å²) >= 11 is 1.42. The van der Waals surface area contributed by atoms with Gasteiger partial charge in [-0.3, -0.25) is 4.79 Å². The van der Waals surface area contributed by atoms with Gasteiger partial charge in [-0.2, -0.15) is 5.26 Å². The van der Waals surface area contributed by atoms with Gasteiger partial charge in [0.15, 0.2) is 0 Å². The molecule has 5 rings (SSSR count). The van der Waals surface area contributed by atoms with Crippen molar-refractivity contribution in [1.29, 1.82) is 5.26 Å². The van der Waals surface area contributed by atoms with E-state index < -0.39 is 17.3 Å². The van der Waals surface area contributed by atoms with Crippen LogP contribution in [-0.4, -0.2) is 38.9 Å². The Morgan fingerprint density at radius 2 is 1.91 bits per heavy atom. The minimum atomic E-state index is -1.54. The van der Waals surface area contributed by atoms with E-state index in [1.54, 1.807) is 41.6 Å². The molecule has 0 bridgehead atoms. The van der Waals surface area contributed by atoms with Gasteiger partial charge in [-0.15, -0.1) is 16.0 Å². The van der Waals surface area contributed by atoms with Crippen LogP contribution in [0.1, 0.15) is 52.6 Å². The Morgan fingerprint density at radius 3 is 2.57 bits per heavy atom. The Morgan fingerprint density at radius 1 is 1.19 bits per heavy atom. The summed E-state index contributed by atoms with van der Waals surface area (Å²) in [5.41, 5.74) is 3.74. The van der Waals surface area contributed by atoms with Gasteiger partial charge in [-0.05, 0) is 79.0 Å². The number of thiazole rings is 1. The van der Waals surface area contributed by atoms with Crippen molar-refractivity contribution in [3.63, 3.8) is 0 Å². The predicted molar refractivity (Wildman–Crippen MR) is 173 cm³/mol. The number of aromatic nitrogens is 4. The smallest absolute Gasteiger partial charge is 0.325 e. The molecule has 0 unspecified atom stereocenters. The minimum Gasteiger partial charge on any atom is -1.00 e. The van der Waals surface area contributed by atoms with Crippen LogP contribution in [0.4, 0.5) is 4.39 Å². The molecule has 0 aliphatic heterocycles. The number of ether oxygens (including phenoxy) is 1. The van der Waals surface area contributed by atoms with Crippen LogP contribution in [0.5, 0.6) is 5.75 Å². The summed E-state index contributed by atoms with van der Waals surface area (Å²) in [5.74, 6) is -0.736. The number of likely N-dealkylation sites (N-methyl/N-ethyl adjacent to an activating group) is 1. The average molecular weight is 720 g/mol. The molecule has 0 radical (unpaired) electrons. The van der Waals surface area contributed by atoms with Gasteiger partial charge in [0, 0.05) is 22.0 Å². The molecule has 9 nitrogen and oxygen atoms in total. The molecular formula is C35H36BrFN6O3S. The number of esters is 1. The van der Waals surface area contributed by atoms with E-state index in [1.807, 2.05) is 61.9 Å². The van der Waals surface area contributed by atoms with Crippen molar-refractivity contribution in [3.05, 3.63) is 117 Å². The zero-order valence-corrected chi connectivity index (χ0v) is 29.0. The van der Waals surface area contributed by atoms with Crippen molar-refractivity contribution in [3.8, 4) is 23.1 Å². The van der Waals surface area contributed by atoms with Crippen LogP contribution in [0.3, 0.4) is 0 Å². The van der Waals surface area contributed by atoms with Crippen LogP contribution in [0.15, 0.2) is 78.7 Å². The van der Waals surface area contributed by atoms with E-state index in [-0.39, 0.29) is 36.0 Å². The van der Waals surface area contributed by atoms with Gasteiger partial charge in [-0.25, -0.2) is 13.9 Å². The number of aliphatic hydroxyl groups is 1. The zero-order valence-electron chi connectivity index (χ0n) is 26.6. The number of aryl methyl sites for hydroxylation is 2. The van der Waals surface area contributed by atoms with Crippen molar-refractivity contribution < 1.29 is 40.6 Å². The van der Waals surface area contributed by atoms with E-state index in [0.717, 1.165) is 27.9 Å². The fraction of sp³-hybridized carbons (Fsp3) is 0.286. The highest BCUT2D eigenvalue weighted by Crippen LogP contribution is 2.40. The Kier molecular flexibility index (Phi) is 11.8. The van der Waals surface area contributed by atoms with Gasteiger partial charge in [0.05, 0.1) is 35.4 Å². The summed E-state index contributed by atoms with van der Waals surface area (Å²) in [6.07, 6.45) is 3.48. The number of halogens is 2. The number of hydrogen-bond donors (Lipinski definition) is 2. The van der Waals surface area contributed by atoms with Crippen molar-refractivity contribution in [1.82, 2.24) is 20.1 Å². The van der Waals surface area contributed by atoms with Crippen LogP contribution in [0.25, 0.3) is 11.3 Å². The zero-order chi connectivity index (χ0) is 32.8. The molecule has 244 valence electrons. The van der Waals surface area contributed by atoms with Gasteiger partial charge in [0.2, 0.25) is 6.33 Å². The Labute approximate surface area is 288 Å². The second-order valence-electron chi connectivity index (χ2n) is 11.3. The van der Waals surface area contributed by atoms with Gasteiger partial charge in [-0.1, -0.05) is 38.1 Å². The number of rotatable bonds is 12. The van der Waals surface area contributed by atoms with E-state index >= 15 is 0 Å². The molecule has 0 aliphatic rings. The third-order valence-electron chi connectivity index (χ3n) is 7.90. The number of carbonyl (C=O) groups is 1. The Bertz CT molecular complexity index is 1860. The molecule has 12 heteroatoms. The number of carbonyl (C=O) groups excluding carboxylic acids is 1. The van der Waals surface area contributed by atoms with Crippen LogP contribution in [-0.2, 0) is 23.5 Å². The molecule has 0 spiro atoms. The molecule has 3 aromatic carbocycles. The van der Waals surface area contributed by atoms with E-state index in [1.165, 1.54) is 23.5 Å². The predicted octanol–water partition coefficient (Wildman–Crippen LogP) is 2.18.